The first-order valence-corrected chi connectivity index (χ1v) is 8.35. The number of rotatable bonds is 4. The van der Waals surface area contributed by atoms with Crippen molar-refractivity contribution in [2.24, 2.45) is 4.99 Å². The second-order valence-electron chi connectivity index (χ2n) is 6.87. The first-order valence-electron chi connectivity index (χ1n) is 8.35. The van der Waals surface area contributed by atoms with Crippen molar-refractivity contribution in [2.45, 2.75) is 25.4 Å². The molecule has 0 atom stereocenters. The van der Waals surface area contributed by atoms with Crippen molar-refractivity contribution < 1.29 is 0 Å². The zero-order chi connectivity index (χ0) is 15.8. The molecule has 4 rings (SSSR count). The van der Waals surface area contributed by atoms with Crippen LogP contribution in [-0.2, 0) is 6.54 Å². The lowest BCUT2D eigenvalue weighted by Crippen LogP contribution is -2.29. The van der Waals surface area contributed by atoms with Crippen LogP contribution in [-0.4, -0.2) is 37.9 Å². The third-order valence-electron chi connectivity index (χ3n) is 4.55. The van der Waals surface area contributed by atoms with Crippen molar-refractivity contribution in [1.29, 1.82) is 0 Å². The van der Waals surface area contributed by atoms with Crippen LogP contribution in [0.15, 0.2) is 47.5 Å². The fourth-order valence-corrected chi connectivity index (χ4v) is 3.32. The maximum absolute atomic E-state index is 4.55. The van der Waals surface area contributed by atoms with Gasteiger partial charge in [0, 0.05) is 30.1 Å². The third-order valence-corrected chi connectivity index (χ3v) is 4.55. The molecule has 0 aromatic heterocycles. The molecule has 0 N–H and O–H groups in total. The van der Waals surface area contributed by atoms with Crippen molar-refractivity contribution in [3.8, 4) is 11.1 Å². The molecular formula is C20H23N3. The molecule has 1 fully saturated rings. The molecule has 2 aliphatic rings. The van der Waals surface area contributed by atoms with E-state index in [0.29, 0.717) is 6.04 Å². The minimum atomic E-state index is 0.709. The van der Waals surface area contributed by atoms with Gasteiger partial charge in [-0.25, -0.2) is 0 Å². The summed E-state index contributed by atoms with van der Waals surface area (Å²) in [6.07, 6.45) is 4.65. The molecule has 2 aromatic rings. The lowest BCUT2D eigenvalue weighted by atomic mass is 9.99. The molecule has 1 aliphatic carbocycles. The fraction of sp³-hybridized carbons (Fsp3) is 0.350. The Bertz CT molecular complexity index is 744. The average molecular weight is 305 g/mol. The van der Waals surface area contributed by atoms with Gasteiger partial charge >= 0.3 is 0 Å². The normalized spacial score (nSPS) is 16.7. The molecule has 2 aromatic carbocycles. The quantitative estimate of drug-likeness (QED) is 0.856. The van der Waals surface area contributed by atoms with E-state index in [-0.39, 0.29) is 0 Å². The van der Waals surface area contributed by atoms with E-state index in [4.69, 9.17) is 0 Å². The summed E-state index contributed by atoms with van der Waals surface area (Å²) in [5.74, 6) is 0. The van der Waals surface area contributed by atoms with Crippen LogP contribution in [0.1, 0.15) is 24.0 Å². The fourth-order valence-electron chi connectivity index (χ4n) is 3.32. The van der Waals surface area contributed by atoms with Gasteiger partial charge in [0.2, 0.25) is 0 Å². The predicted octanol–water partition coefficient (Wildman–Crippen LogP) is 3.77. The van der Waals surface area contributed by atoms with Crippen LogP contribution >= 0.6 is 0 Å². The highest BCUT2D eigenvalue weighted by molar-refractivity contribution is 5.92. The summed E-state index contributed by atoms with van der Waals surface area (Å²) < 4.78 is 0. The van der Waals surface area contributed by atoms with E-state index in [1.807, 2.05) is 6.21 Å². The van der Waals surface area contributed by atoms with Crippen molar-refractivity contribution in [1.82, 2.24) is 4.90 Å². The molecular weight excluding hydrogens is 282 g/mol. The summed E-state index contributed by atoms with van der Waals surface area (Å²) in [6, 6.07) is 16.3. The lowest BCUT2D eigenvalue weighted by molar-refractivity contribution is 0.402. The molecule has 1 saturated carbocycles. The maximum atomic E-state index is 4.55. The Labute approximate surface area is 138 Å². The SMILES string of the molecule is CN(C)Cc1cccc(-c2ccc3c(c2)C=NCN3C2CC2)c1. The molecule has 0 radical (unpaired) electrons. The molecule has 3 nitrogen and oxygen atoms in total. The van der Waals surface area contributed by atoms with E-state index in [1.165, 1.54) is 40.8 Å². The first kappa shape index (κ1) is 14.5. The summed E-state index contributed by atoms with van der Waals surface area (Å²) in [7, 11) is 4.21. The van der Waals surface area contributed by atoms with Gasteiger partial charge in [-0.05, 0) is 61.8 Å². The van der Waals surface area contributed by atoms with E-state index in [2.05, 4.69) is 71.4 Å². The number of fused-ring (bicyclic) bond motifs is 1. The number of nitrogens with zero attached hydrogens (tertiary/aromatic N) is 3. The van der Waals surface area contributed by atoms with Gasteiger partial charge < -0.3 is 9.80 Å². The van der Waals surface area contributed by atoms with Gasteiger partial charge in [-0.1, -0.05) is 24.3 Å². The summed E-state index contributed by atoms with van der Waals surface area (Å²) in [6.45, 7) is 1.78. The Kier molecular flexibility index (Phi) is 3.66. The van der Waals surface area contributed by atoms with Crippen molar-refractivity contribution in [2.75, 3.05) is 25.7 Å². The van der Waals surface area contributed by atoms with Gasteiger partial charge in [0.15, 0.2) is 0 Å². The zero-order valence-corrected chi connectivity index (χ0v) is 13.9. The molecule has 0 saturated heterocycles. The average Bonchev–Trinajstić information content (AvgIpc) is 3.38. The highest BCUT2D eigenvalue weighted by atomic mass is 15.3. The molecule has 0 spiro atoms. The number of benzene rings is 2. The molecule has 1 heterocycles. The molecule has 3 heteroatoms. The van der Waals surface area contributed by atoms with Crippen LogP contribution in [0.2, 0.25) is 0 Å². The van der Waals surface area contributed by atoms with E-state index >= 15 is 0 Å². The molecule has 0 amide bonds. The molecule has 23 heavy (non-hydrogen) atoms. The van der Waals surface area contributed by atoms with Crippen LogP contribution in [0, 0.1) is 0 Å². The zero-order valence-electron chi connectivity index (χ0n) is 13.9. The van der Waals surface area contributed by atoms with E-state index < -0.39 is 0 Å². The van der Waals surface area contributed by atoms with Crippen LogP contribution in [0.3, 0.4) is 0 Å². The molecule has 118 valence electrons. The minimum absolute atomic E-state index is 0.709. The maximum Gasteiger partial charge on any atom is 0.110 e. The van der Waals surface area contributed by atoms with Crippen molar-refractivity contribution in [3.63, 3.8) is 0 Å². The Morgan fingerprint density at radius 2 is 1.91 bits per heavy atom. The minimum Gasteiger partial charge on any atom is -0.349 e. The monoisotopic (exact) mass is 305 g/mol. The van der Waals surface area contributed by atoms with Crippen LogP contribution in [0.5, 0.6) is 0 Å². The summed E-state index contributed by atoms with van der Waals surface area (Å²) >= 11 is 0. The number of aliphatic imine (C=N–C) groups is 1. The molecule has 1 aliphatic heterocycles. The highest BCUT2D eigenvalue weighted by Crippen LogP contribution is 2.36. The molecule has 0 unspecified atom stereocenters. The van der Waals surface area contributed by atoms with Gasteiger partial charge in [-0.15, -0.1) is 0 Å². The van der Waals surface area contributed by atoms with Gasteiger partial charge in [-0.3, -0.25) is 4.99 Å². The smallest absolute Gasteiger partial charge is 0.110 e. The Morgan fingerprint density at radius 3 is 2.70 bits per heavy atom. The van der Waals surface area contributed by atoms with Gasteiger partial charge in [0.05, 0.1) is 0 Å². The Morgan fingerprint density at radius 1 is 1.09 bits per heavy atom. The topological polar surface area (TPSA) is 18.8 Å². The van der Waals surface area contributed by atoms with Gasteiger partial charge in [-0.2, -0.15) is 0 Å². The van der Waals surface area contributed by atoms with Gasteiger partial charge in [0.1, 0.15) is 6.67 Å². The Hall–Kier alpha value is -2.13. The lowest BCUT2D eigenvalue weighted by Gasteiger charge is -2.27. The first-order chi connectivity index (χ1) is 11.2. The largest absolute Gasteiger partial charge is 0.349 e. The Balaban J connectivity index is 1.67. The number of hydrogen-bond acceptors (Lipinski definition) is 3. The van der Waals surface area contributed by atoms with E-state index in [0.717, 1.165) is 13.2 Å². The van der Waals surface area contributed by atoms with Crippen LogP contribution in [0.25, 0.3) is 11.1 Å². The van der Waals surface area contributed by atoms with E-state index in [1.54, 1.807) is 0 Å². The summed E-state index contributed by atoms with van der Waals surface area (Å²) in [5, 5.41) is 0. The van der Waals surface area contributed by atoms with E-state index in [9.17, 15) is 0 Å². The predicted molar refractivity (Wildman–Crippen MR) is 97.2 cm³/mol. The number of hydrogen-bond donors (Lipinski definition) is 0. The molecule has 0 bridgehead atoms. The van der Waals surface area contributed by atoms with Crippen molar-refractivity contribution >= 4 is 11.9 Å². The van der Waals surface area contributed by atoms with Gasteiger partial charge in [0.25, 0.3) is 0 Å². The second-order valence-corrected chi connectivity index (χ2v) is 6.87. The standard InChI is InChI=1S/C20H23N3/c1-22(2)13-15-4-3-5-16(10-15)17-6-9-20-18(11-17)12-21-14-23(20)19-7-8-19/h3-6,9-12,19H,7-8,13-14H2,1-2H3. The highest BCUT2D eigenvalue weighted by Gasteiger charge is 2.31. The van der Waals surface area contributed by atoms with Crippen molar-refractivity contribution in [3.05, 3.63) is 53.6 Å². The van der Waals surface area contributed by atoms with Crippen LogP contribution < -0.4 is 4.90 Å². The second kappa shape index (κ2) is 5.82. The number of anilines is 1. The summed E-state index contributed by atoms with van der Waals surface area (Å²) in [5.41, 5.74) is 6.49. The summed E-state index contributed by atoms with van der Waals surface area (Å²) in [4.78, 5) is 9.19. The van der Waals surface area contributed by atoms with Crippen LogP contribution in [0.4, 0.5) is 5.69 Å². The third kappa shape index (κ3) is 3.02.